The van der Waals surface area contributed by atoms with Crippen molar-refractivity contribution in [1.29, 1.82) is 0 Å². The lowest BCUT2D eigenvalue weighted by Gasteiger charge is -2.21. The monoisotopic (exact) mass is 312 g/mol. The molecule has 0 unspecified atom stereocenters. The average Bonchev–Trinajstić information content (AvgIpc) is 2.67. The average molecular weight is 312 g/mol. The highest BCUT2D eigenvalue weighted by molar-refractivity contribution is 5.74. The Morgan fingerprint density at radius 3 is 1.90 bits per heavy atom. The maximum atomic E-state index is 12.9. The van der Waals surface area contributed by atoms with E-state index < -0.39 is 40.6 Å². The highest BCUT2D eigenvalue weighted by atomic mass is 19.4. The minimum absolute atomic E-state index is 0.503. The number of rotatable bonds is 0. The van der Waals surface area contributed by atoms with Crippen LogP contribution >= 0.6 is 0 Å². The van der Waals surface area contributed by atoms with E-state index in [1.165, 1.54) is 0 Å². The van der Waals surface area contributed by atoms with Gasteiger partial charge in [0.2, 0.25) is 5.82 Å². The van der Waals surface area contributed by atoms with Crippen molar-refractivity contribution in [3.63, 3.8) is 0 Å². The van der Waals surface area contributed by atoms with Crippen LogP contribution in [-0.2, 0) is 17.9 Å². The number of halogens is 6. The molecule has 2 heterocycles. The Kier molecular flexibility index (Phi) is 3.19. The van der Waals surface area contributed by atoms with E-state index in [-0.39, 0.29) is 0 Å². The Morgan fingerprint density at radius 2 is 1.48 bits per heavy atom. The molecule has 0 aliphatic heterocycles. The molecule has 0 spiro atoms. The summed E-state index contributed by atoms with van der Waals surface area (Å²) in [6.45, 7) is 4.82. The summed E-state index contributed by atoms with van der Waals surface area (Å²) in [7, 11) is 0. The van der Waals surface area contributed by atoms with Gasteiger partial charge in [-0.15, -0.1) is 0 Å². The Bertz CT molecular complexity index is 677. The standard InChI is InChI=1S/C11H10F6N4/c1-9(2,3)21-4-18-5-6(10(12,13)14)19-8(11(15,16)17)20-7(5)21/h4H,1-3H3. The van der Waals surface area contributed by atoms with Crippen molar-refractivity contribution < 1.29 is 26.3 Å². The van der Waals surface area contributed by atoms with Crippen LogP contribution in [0, 0.1) is 0 Å². The minimum Gasteiger partial charge on any atom is -0.310 e. The van der Waals surface area contributed by atoms with Crippen molar-refractivity contribution in [3.05, 3.63) is 17.8 Å². The van der Waals surface area contributed by atoms with Gasteiger partial charge in [-0.25, -0.2) is 15.0 Å². The van der Waals surface area contributed by atoms with Crippen molar-refractivity contribution in [2.45, 2.75) is 38.7 Å². The van der Waals surface area contributed by atoms with E-state index in [4.69, 9.17) is 0 Å². The molecule has 2 rings (SSSR count). The fraction of sp³-hybridized carbons (Fsp3) is 0.545. The summed E-state index contributed by atoms with van der Waals surface area (Å²) >= 11 is 0. The van der Waals surface area contributed by atoms with Crippen LogP contribution in [0.5, 0.6) is 0 Å². The van der Waals surface area contributed by atoms with E-state index in [9.17, 15) is 26.3 Å². The van der Waals surface area contributed by atoms with Gasteiger partial charge in [-0.1, -0.05) is 0 Å². The number of hydrogen-bond acceptors (Lipinski definition) is 3. The fourth-order valence-electron chi connectivity index (χ4n) is 1.72. The summed E-state index contributed by atoms with van der Waals surface area (Å²) in [5.41, 5.74) is -3.68. The molecule has 0 saturated heterocycles. The maximum absolute atomic E-state index is 12.9. The summed E-state index contributed by atoms with van der Waals surface area (Å²) in [5, 5.41) is 0. The van der Waals surface area contributed by atoms with Gasteiger partial charge in [-0.3, -0.25) is 0 Å². The van der Waals surface area contributed by atoms with Crippen LogP contribution in [0.3, 0.4) is 0 Å². The van der Waals surface area contributed by atoms with Crippen LogP contribution in [-0.4, -0.2) is 19.5 Å². The molecule has 0 N–H and O–H groups in total. The fourth-order valence-corrected chi connectivity index (χ4v) is 1.72. The first-order valence-electron chi connectivity index (χ1n) is 5.72. The highest BCUT2D eigenvalue weighted by Gasteiger charge is 2.42. The number of fused-ring (bicyclic) bond motifs is 1. The van der Waals surface area contributed by atoms with E-state index in [2.05, 4.69) is 15.0 Å². The highest BCUT2D eigenvalue weighted by Crippen LogP contribution is 2.36. The molecule has 0 bridgehead atoms. The van der Waals surface area contributed by atoms with Crippen LogP contribution in [0.25, 0.3) is 11.2 Å². The largest absolute Gasteiger partial charge is 0.451 e. The Hall–Kier alpha value is -1.87. The molecule has 2 aromatic heterocycles. The molecule has 10 heteroatoms. The van der Waals surface area contributed by atoms with Crippen molar-refractivity contribution in [2.75, 3.05) is 0 Å². The molecule has 0 atom stereocenters. The van der Waals surface area contributed by atoms with E-state index in [1.54, 1.807) is 20.8 Å². The molecule has 2 aromatic rings. The minimum atomic E-state index is -5.08. The van der Waals surface area contributed by atoms with Gasteiger partial charge >= 0.3 is 12.4 Å². The van der Waals surface area contributed by atoms with Gasteiger partial charge in [0.05, 0.1) is 6.33 Å². The van der Waals surface area contributed by atoms with Crippen molar-refractivity contribution in [3.8, 4) is 0 Å². The SMILES string of the molecule is CC(C)(C)n1cnc2c(C(F)(F)F)nc(C(F)(F)F)nc21. The molecule has 0 aliphatic rings. The van der Waals surface area contributed by atoms with Gasteiger partial charge in [0.15, 0.2) is 11.3 Å². The second-order valence-corrected chi connectivity index (χ2v) is 5.35. The van der Waals surface area contributed by atoms with Gasteiger partial charge in [-0.05, 0) is 20.8 Å². The smallest absolute Gasteiger partial charge is 0.310 e. The van der Waals surface area contributed by atoms with Crippen LogP contribution < -0.4 is 0 Å². The third-order valence-corrected chi connectivity index (χ3v) is 2.64. The Morgan fingerprint density at radius 1 is 0.905 bits per heavy atom. The molecular weight excluding hydrogens is 302 g/mol. The first-order chi connectivity index (χ1) is 9.32. The molecular formula is C11H10F6N4. The lowest BCUT2D eigenvalue weighted by molar-refractivity contribution is -0.151. The Labute approximate surface area is 114 Å². The molecule has 0 aliphatic carbocycles. The first-order valence-corrected chi connectivity index (χ1v) is 5.72. The first kappa shape index (κ1) is 15.5. The molecule has 0 amide bonds. The molecule has 116 valence electrons. The second kappa shape index (κ2) is 4.31. The molecule has 4 nitrogen and oxygen atoms in total. The number of aromatic nitrogens is 4. The van der Waals surface area contributed by atoms with Crippen molar-refractivity contribution in [2.24, 2.45) is 0 Å². The lowest BCUT2D eigenvalue weighted by Crippen LogP contribution is -2.23. The normalized spacial score (nSPS) is 14.0. The zero-order valence-electron chi connectivity index (χ0n) is 11.1. The van der Waals surface area contributed by atoms with Crippen LogP contribution in [0.4, 0.5) is 26.3 Å². The third kappa shape index (κ3) is 2.79. The number of nitrogens with zero attached hydrogens (tertiary/aromatic N) is 4. The predicted molar refractivity (Wildman–Crippen MR) is 60.3 cm³/mol. The second-order valence-electron chi connectivity index (χ2n) is 5.35. The van der Waals surface area contributed by atoms with E-state index >= 15 is 0 Å². The summed E-state index contributed by atoms with van der Waals surface area (Å²) in [5.74, 6) is -1.84. The van der Waals surface area contributed by atoms with Crippen LogP contribution in [0.2, 0.25) is 0 Å². The van der Waals surface area contributed by atoms with E-state index in [0.29, 0.717) is 0 Å². The summed E-state index contributed by atoms with van der Waals surface area (Å²) < 4.78 is 77.9. The third-order valence-electron chi connectivity index (χ3n) is 2.64. The summed E-state index contributed by atoms with van der Waals surface area (Å²) in [6, 6.07) is 0. The van der Waals surface area contributed by atoms with Crippen molar-refractivity contribution >= 4 is 11.2 Å². The number of hydrogen-bond donors (Lipinski definition) is 0. The molecule has 21 heavy (non-hydrogen) atoms. The topological polar surface area (TPSA) is 43.6 Å². The predicted octanol–water partition coefficient (Wildman–Crippen LogP) is 3.62. The molecule has 0 saturated carbocycles. The van der Waals surface area contributed by atoms with Crippen molar-refractivity contribution in [1.82, 2.24) is 19.5 Å². The number of alkyl halides is 6. The quantitative estimate of drug-likeness (QED) is 0.698. The Balaban J connectivity index is 2.88. The van der Waals surface area contributed by atoms with Gasteiger partial charge in [0, 0.05) is 5.54 Å². The zero-order chi connectivity index (χ0) is 16.2. The molecule has 0 fully saturated rings. The van der Waals surface area contributed by atoms with Gasteiger partial charge in [0.25, 0.3) is 0 Å². The zero-order valence-corrected chi connectivity index (χ0v) is 11.1. The maximum Gasteiger partial charge on any atom is 0.451 e. The molecule has 0 aromatic carbocycles. The van der Waals surface area contributed by atoms with Crippen LogP contribution in [0.1, 0.15) is 32.3 Å². The van der Waals surface area contributed by atoms with Gasteiger partial charge < -0.3 is 4.57 Å². The van der Waals surface area contributed by atoms with Gasteiger partial charge in [0.1, 0.15) is 5.52 Å². The van der Waals surface area contributed by atoms with E-state index in [0.717, 1.165) is 10.9 Å². The van der Waals surface area contributed by atoms with Crippen LogP contribution in [0.15, 0.2) is 6.33 Å². The van der Waals surface area contributed by atoms with E-state index in [1.807, 2.05) is 0 Å². The number of imidazole rings is 1. The molecule has 0 radical (unpaired) electrons. The summed E-state index contributed by atoms with van der Waals surface area (Å²) in [6.07, 6.45) is -9.12. The van der Waals surface area contributed by atoms with Gasteiger partial charge in [-0.2, -0.15) is 26.3 Å². The summed E-state index contributed by atoms with van der Waals surface area (Å²) in [4.78, 5) is 9.34. The lowest BCUT2D eigenvalue weighted by atomic mass is 10.1.